The van der Waals surface area contributed by atoms with Crippen molar-refractivity contribution >= 4 is 50.7 Å². The highest BCUT2D eigenvalue weighted by Crippen LogP contribution is 2.32. The molecule has 0 aliphatic rings. The molecule has 1 atom stereocenters. The van der Waals surface area contributed by atoms with Crippen LogP contribution >= 0.6 is 23.1 Å². The van der Waals surface area contributed by atoms with Crippen LogP contribution in [0, 0.1) is 30.9 Å². The molecule has 0 radical (unpaired) electrons. The van der Waals surface area contributed by atoms with Crippen LogP contribution in [0.3, 0.4) is 0 Å². The zero-order valence-corrected chi connectivity index (χ0v) is 20.9. The van der Waals surface area contributed by atoms with Crippen LogP contribution in [0.2, 0.25) is 0 Å². The van der Waals surface area contributed by atoms with Gasteiger partial charge in [0.1, 0.15) is 0 Å². The third kappa shape index (κ3) is 5.10. The van der Waals surface area contributed by atoms with Crippen molar-refractivity contribution < 1.29 is 9.72 Å². The second-order valence-electron chi connectivity index (χ2n) is 8.10. The Morgan fingerprint density at radius 1 is 1.15 bits per heavy atom. The van der Waals surface area contributed by atoms with E-state index in [-0.39, 0.29) is 16.8 Å². The van der Waals surface area contributed by atoms with Crippen molar-refractivity contribution in [1.29, 1.82) is 0 Å². The van der Waals surface area contributed by atoms with Gasteiger partial charge >= 0.3 is 0 Å². The number of pyridine rings is 1. The number of rotatable bonds is 7. The molecule has 4 aromatic rings. The molecule has 0 bridgehead atoms. The van der Waals surface area contributed by atoms with Crippen LogP contribution in [0.4, 0.5) is 10.8 Å². The molecule has 7 nitrogen and oxygen atoms in total. The third-order valence-corrected chi connectivity index (χ3v) is 7.49. The lowest BCUT2D eigenvalue weighted by Crippen LogP contribution is -2.24. The van der Waals surface area contributed by atoms with Gasteiger partial charge in [0, 0.05) is 28.5 Å². The lowest BCUT2D eigenvalue weighted by Gasteiger charge is -2.15. The molecular weight excluding hydrogens is 468 g/mol. The third-order valence-electron chi connectivity index (χ3n) is 5.44. The molecule has 34 heavy (non-hydrogen) atoms. The van der Waals surface area contributed by atoms with Crippen molar-refractivity contribution in [2.24, 2.45) is 0 Å². The van der Waals surface area contributed by atoms with Gasteiger partial charge in [-0.25, -0.2) is 9.97 Å². The second kappa shape index (κ2) is 9.90. The van der Waals surface area contributed by atoms with E-state index in [1.165, 1.54) is 40.8 Å². The fraction of sp³-hybridized carbons (Fsp3) is 0.240. The summed E-state index contributed by atoms with van der Waals surface area (Å²) in [5.41, 5.74) is 5.64. The first-order valence-electron chi connectivity index (χ1n) is 10.8. The topological polar surface area (TPSA) is 98.0 Å². The number of nitrogens with zero attached hydrogens (tertiary/aromatic N) is 3. The van der Waals surface area contributed by atoms with E-state index in [2.05, 4.69) is 43.2 Å². The number of fused-ring (bicyclic) bond motifs is 1. The zero-order valence-electron chi connectivity index (χ0n) is 19.3. The molecular formula is C25H24N4O3S2. The summed E-state index contributed by atoms with van der Waals surface area (Å²) >= 11 is 2.74. The Kier molecular flexibility index (Phi) is 6.95. The molecule has 174 valence electrons. The average Bonchev–Trinajstić information content (AvgIpc) is 3.26. The van der Waals surface area contributed by atoms with Gasteiger partial charge in [-0.2, -0.15) is 0 Å². The lowest BCUT2D eigenvalue weighted by atomic mass is 10.0. The minimum atomic E-state index is -0.438. The standard InChI is InChI=1S/C25H24N4O3S2/c1-5-21(34-22-11-15(3)19-10-14(2)9-16(4)23(19)27-22)24(30)28-25-26-20(13-33-25)17-7-6-8-18(12-17)29(31)32/h6-13,21H,5H2,1-4H3,(H,26,28,30). The maximum Gasteiger partial charge on any atom is 0.270 e. The van der Waals surface area contributed by atoms with Gasteiger partial charge in [0.2, 0.25) is 5.91 Å². The molecule has 2 heterocycles. The molecule has 0 fully saturated rings. The average molecular weight is 493 g/mol. The van der Waals surface area contributed by atoms with E-state index in [1.54, 1.807) is 17.5 Å². The Balaban J connectivity index is 1.51. The number of hydrogen-bond acceptors (Lipinski definition) is 7. The predicted molar refractivity (Wildman–Crippen MR) is 139 cm³/mol. The summed E-state index contributed by atoms with van der Waals surface area (Å²) in [5.74, 6) is -0.146. The van der Waals surface area contributed by atoms with E-state index in [9.17, 15) is 14.9 Å². The Morgan fingerprint density at radius 3 is 2.68 bits per heavy atom. The van der Waals surface area contributed by atoms with Crippen LogP contribution < -0.4 is 5.32 Å². The molecule has 1 N–H and O–H groups in total. The smallest absolute Gasteiger partial charge is 0.270 e. The number of nitro benzene ring substituents is 1. The summed E-state index contributed by atoms with van der Waals surface area (Å²) in [7, 11) is 0. The molecule has 0 spiro atoms. The van der Waals surface area contributed by atoms with Gasteiger partial charge in [0.05, 0.1) is 26.4 Å². The number of thioether (sulfide) groups is 1. The Labute approximate surface area is 205 Å². The van der Waals surface area contributed by atoms with Crippen molar-refractivity contribution in [3.63, 3.8) is 0 Å². The number of aryl methyl sites for hydroxylation is 3. The minimum Gasteiger partial charge on any atom is -0.301 e. The molecule has 1 amide bonds. The molecule has 9 heteroatoms. The number of thiazole rings is 1. The molecule has 0 aliphatic carbocycles. The van der Waals surface area contributed by atoms with E-state index in [0.29, 0.717) is 22.8 Å². The number of carbonyl (C=O) groups excluding carboxylic acids is 1. The molecule has 2 aromatic heterocycles. The number of carbonyl (C=O) groups is 1. The Bertz CT molecular complexity index is 1400. The van der Waals surface area contributed by atoms with Crippen molar-refractivity contribution in [2.75, 3.05) is 5.32 Å². The highest BCUT2D eigenvalue weighted by molar-refractivity contribution is 8.00. The van der Waals surface area contributed by atoms with E-state index in [4.69, 9.17) is 4.98 Å². The maximum absolute atomic E-state index is 13.0. The van der Waals surface area contributed by atoms with E-state index < -0.39 is 4.92 Å². The monoisotopic (exact) mass is 492 g/mol. The Hall–Kier alpha value is -3.30. The van der Waals surface area contributed by atoms with Gasteiger partial charge in [-0.1, -0.05) is 42.4 Å². The van der Waals surface area contributed by atoms with Crippen LogP contribution in [-0.4, -0.2) is 26.0 Å². The fourth-order valence-electron chi connectivity index (χ4n) is 3.77. The molecule has 0 saturated carbocycles. The summed E-state index contributed by atoms with van der Waals surface area (Å²) in [4.78, 5) is 32.9. The molecule has 0 aliphatic heterocycles. The van der Waals surface area contributed by atoms with E-state index in [1.807, 2.05) is 13.0 Å². The fourth-order valence-corrected chi connectivity index (χ4v) is 5.51. The number of aromatic nitrogens is 2. The zero-order chi connectivity index (χ0) is 24.4. The number of anilines is 1. The van der Waals surface area contributed by atoms with Crippen LogP contribution in [0.5, 0.6) is 0 Å². The number of amides is 1. The molecule has 1 unspecified atom stereocenters. The number of nitrogens with one attached hydrogen (secondary N) is 1. The number of benzene rings is 2. The van der Waals surface area contributed by atoms with Crippen LogP contribution in [0.1, 0.15) is 30.0 Å². The number of nitro groups is 1. The first kappa shape index (κ1) is 23.8. The van der Waals surface area contributed by atoms with E-state index >= 15 is 0 Å². The van der Waals surface area contributed by atoms with Gasteiger partial charge in [0.25, 0.3) is 5.69 Å². The highest BCUT2D eigenvalue weighted by atomic mass is 32.2. The number of hydrogen-bond donors (Lipinski definition) is 1. The van der Waals surface area contributed by atoms with Crippen LogP contribution in [0.15, 0.2) is 52.9 Å². The predicted octanol–water partition coefficient (Wildman–Crippen LogP) is 6.70. The lowest BCUT2D eigenvalue weighted by molar-refractivity contribution is -0.384. The summed E-state index contributed by atoms with van der Waals surface area (Å²) in [6, 6.07) is 12.6. The second-order valence-corrected chi connectivity index (χ2v) is 10.2. The molecule has 4 rings (SSSR count). The van der Waals surface area contributed by atoms with Crippen molar-refractivity contribution in [3.8, 4) is 11.3 Å². The maximum atomic E-state index is 13.0. The van der Waals surface area contributed by atoms with Crippen molar-refractivity contribution in [3.05, 3.63) is 74.6 Å². The van der Waals surface area contributed by atoms with Crippen LogP contribution in [-0.2, 0) is 4.79 Å². The summed E-state index contributed by atoms with van der Waals surface area (Å²) in [6.07, 6.45) is 0.630. The summed E-state index contributed by atoms with van der Waals surface area (Å²) in [5, 5.41) is 17.8. The minimum absolute atomic E-state index is 0.00195. The highest BCUT2D eigenvalue weighted by Gasteiger charge is 2.21. The summed E-state index contributed by atoms with van der Waals surface area (Å²) < 4.78 is 0. The molecule has 0 saturated heterocycles. The van der Waals surface area contributed by atoms with Gasteiger partial charge < -0.3 is 5.32 Å². The largest absolute Gasteiger partial charge is 0.301 e. The van der Waals surface area contributed by atoms with Gasteiger partial charge in [-0.05, 0) is 50.5 Å². The SMILES string of the molecule is CCC(Sc1cc(C)c2cc(C)cc(C)c2n1)C(=O)Nc1nc(-c2cccc([N+](=O)[O-])c2)cs1. The van der Waals surface area contributed by atoms with Gasteiger partial charge in [-0.15, -0.1) is 11.3 Å². The van der Waals surface area contributed by atoms with Gasteiger partial charge in [0.15, 0.2) is 5.13 Å². The van der Waals surface area contributed by atoms with Crippen molar-refractivity contribution in [2.45, 2.75) is 44.4 Å². The summed E-state index contributed by atoms with van der Waals surface area (Å²) in [6.45, 7) is 8.17. The van der Waals surface area contributed by atoms with Crippen molar-refractivity contribution in [1.82, 2.24) is 9.97 Å². The van der Waals surface area contributed by atoms with E-state index in [0.717, 1.165) is 27.1 Å². The quantitative estimate of drug-likeness (QED) is 0.175. The first-order valence-corrected chi connectivity index (χ1v) is 12.6. The Morgan fingerprint density at radius 2 is 1.94 bits per heavy atom. The van der Waals surface area contributed by atoms with Crippen LogP contribution in [0.25, 0.3) is 22.2 Å². The van der Waals surface area contributed by atoms with Gasteiger partial charge in [-0.3, -0.25) is 14.9 Å². The normalized spacial score (nSPS) is 12.0. The molecule has 2 aromatic carbocycles. The first-order chi connectivity index (χ1) is 16.2. The number of non-ortho nitro benzene ring substituents is 1.